The quantitative estimate of drug-likeness (QED) is 0.760. The van der Waals surface area contributed by atoms with Gasteiger partial charge in [0, 0.05) is 12.7 Å². The van der Waals surface area contributed by atoms with Crippen LogP contribution in [0.1, 0.15) is 13.3 Å². The molecular weight excluding hydrogens is 191 g/mol. The summed E-state index contributed by atoms with van der Waals surface area (Å²) in [4.78, 5) is 3.84. The van der Waals surface area contributed by atoms with Gasteiger partial charge in [-0.25, -0.2) is 9.37 Å². The first kappa shape index (κ1) is 10.3. The third kappa shape index (κ3) is 3.19. The van der Waals surface area contributed by atoms with E-state index in [-0.39, 0.29) is 17.0 Å². The van der Waals surface area contributed by atoms with E-state index in [1.165, 1.54) is 6.07 Å². The van der Waals surface area contributed by atoms with Gasteiger partial charge in [0.1, 0.15) is 0 Å². The van der Waals surface area contributed by atoms with Crippen molar-refractivity contribution in [3.63, 3.8) is 0 Å². The summed E-state index contributed by atoms with van der Waals surface area (Å²) in [5, 5.41) is 2.86. The molecule has 1 aromatic heterocycles. The van der Waals surface area contributed by atoms with Crippen LogP contribution in [-0.2, 0) is 0 Å². The Morgan fingerprint density at radius 3 is 3.08 bits per heavy atom. The Morgan fingerprint density at radius 2 is 2.46 bits per heavy atom. The summed E-state index contributed by atoms with van der Waals surface area (Å²) in [5.41, 5.74) is 0. The maximum Gasteiger partial charge on any atom is 0.165 e. The maximum atomic E-state index is 13.0. The van der Waals surface area contributed by atoms with Crippen LogP contribution in [0.3, 0.4) is 0 Å². The van der Waals surface area contributed by atoms with Crippen LogP contribution in [0.2, 0.25) is 0 Å². The largest absolute Gasteiger partial charge is 0.366 e. The molecule has 0 aliphatic heterocycles. The number of anilines is 1. The molecule has 1 atom stereocenters. The molecule has 1 heterocycles. The van der Waals surface area contributed by atoms with Crippen molar-refractivity contribution in [3.05, 3.63) is 24.1 Å². The van der Waals surface area contributed by atoms with Crippen LogP contribution in [-0.4, -0.2) is 16.9 Å². The van der Waals surface area contributed by atoms with Crippen molar-refractivity contribution in [2.24, 2.45) is 0 Å². The molecule has 13 heavy (non-hydrogen) atoms. The highest BCUT2D eigenvalue weighted by atomic mass is 35.5. The SMILES string of the molecule is CCC(Cl)CNc1ncccc1F. The van der Waals surface area contributed by atoms with Crippen molar-refractivity contribution >= 4 is 17.4 Å². The van der Waals surface area contributed by atoms with Gasteiger partial charge in [0.05, 0.1) is 5.38 Å². The summed E-state index contributed by atoms with van der Waals surface area (Å²) in [5.74, 6) is -0.0796. The van der Waals surface area contributed by atoms with E-state index in [1.54, 1.807) is 12.3 Å². The monoisotopic (exact) mass is 202 g/mol. The second-order valence-electron chi connectivity index (χ2n) is 2.72. The molecule has 0 bridgehead atoms. The Balaban J connectivity index is 2.50. The average Bonchev–Trinajstić information content (AvgIpc) is 2.16. The first-order chi connectivity index (χ1) is 6.24. The third-order valence-corrected chi connectivity index (χ3v) is 2.16. The molecule has 2 nitrogen and oxygen atoms in total. The molecule has 0 saturated heterocycles. The zero-order chi connectivity index (χ0) is 9.68. The van der Waals surface area contributed by atoms with Crippen molar-refractivity contribution in [1.82, 2.24) is 4.98 Å². The number of hydrogen-bond donors (Lipinski definition) is 1. The van der Waals surface area contributed by atoms with E-state index in [4.69, 9.17) is 11.6 Å². The van der Waals surface area contributed by atoms with Gasteiger partial charge >= 0.3 is 0 Å². The Morgan fingerprint density at radius 1 is 1.69 bits per heavy atom. The lowest BCUT2D eigenvalue weighted by Crippen LogP contribution is -2.14. The minimum Gasteiger partial charge on any atom is -0.366 e. The molecule has 72 valence electrons. The fraction of sp³-hybridized carbons (Fsp3) is 0.444. The molecule has 0 spiro atoms. The van der Waals surface area contributed by atoms with Crippen LogP contribution >= 0.6 is 11.6 Å². The number of halogens is 2. The molecule has 1 aromatic rings. The predicted molar refractivity (Wildman–Crippen MR) is 52.6 cm³/mol. The summed E-state index contributed by atoms with van der Waals surface area (Å²) in [6, 6.07) is 2.92. The van der Waals surface area contributed by atoms with E-state index in [9.17, 15) is 4.39 Å². The van der Waals surface area contributed by atoms with Crippen molar-refractivity contribution in [2.75, 3.05) is 11.9 Å². The lowest BCUT2D eigenvalue weighted by Gasteiger charge is -2.08. The smallest absolute Gasteiger partial charge is 0.165 e. The van der Waals surface area contributed by atoms with Gasteiger partial charge in [-0.05, 0) is 18.6 Å². The van der Waals surface area contributed by atoms with Gasteiger partial charge in [-0.15, -0.1) is 11.6 Å². The average molecular weight is 203 g/mol. The van der Waals surface area contributed by atoms with E-state index in [1.807, 2.05) is 6.92 Å². The lowest BCUT2D eigenvalue weighted by molar-refractivity contribution is 0.623. The molecule has 0 aliphatic rings. The highest BCUT2D eigenvalue weighted by molar-refractivity contribution is 6.20. The molecule has 0 aliphatic carbocycles. The predicted octanol–water partition coefficient (Wildman–Crippen LogP) is 2.65. The van der Waals surface area contributed by atoms with E-state index in [0.29, 0.717) is 6.54 Å². The Hall–Kier alpha value is -0.830. The molecule has 0 saturated carbocycles. The van der Waals surface area contributed by atoms with Crippen LogP contribution in [0, 0.1) is 5.82 Å². The number of nitrogens with zero attached hydrogens (tertiary/aromatic N) is 1. The topological polar surface area (TPSA) is 24.9 Å². The number of aromatic nitrogens is 1. The first-order valence-corrected chi connectivity index (χ1v) is 4.66. The molecule has 0 fully saturated rings. The normalized spacial score (nSPS) is 12.5. The Kier molecular flexibility index (Phi) is 3.96. The van der Waals surface area contributed by atoms with Gasteiger partial charge in [-0.2, -0.15) is 0 Å². The highest BCUT2D eigenvalue weighted by Crippen LogP contribution is 2.09. The number of pyridine rings is 1. The Bertz CT molecular complexity index is 268. The second-order valence-corrected chi connectivity index (χ2v) is 3.34. The maximum absolute atomic E-state index is 13.0. The van der Waals surface area contributed by atoms with Gasteiger partial charge in [-0.3, -0.25) is 0 Å². The molecule has 1 unspecified atom stereocenters. The van der Waals surface area contributed by atoms with Crippen LogP contribution < -0.4 is 5.32 Å². The highest BCUT2D eigenvalue weighted by Gasteiger charge is 2.04. The molecule has 0 radical (unpaired) electrons. The minimum absolute atomic E-state index is 0.0152. The Labute approximate surface area is 82.1 Å². The summed E-state index contributed by atoms with van der Waals surface area (Å²) in [6.45, 7) is 2.51. The van der Waals surface area contributed by atoms with E-state index in [0.717, 1.165) is 6.42 Å². The fourth-order valence-electron chi connectivity index (χ4n) is 0.868. The van der Waals surface area contributed by atoms with Gasteiger partial charge in [-0.1, -0.05) is 6.92 Å². The van der Waals surface area contributed by atoms with E-state index in [2.05, 4.69) is 10.3 Å². The zero-order valence-electron chi connectivity index (χ0n) is 7.43. The van der Waals surface area contributed by atoms with Crippen molar-refractivity contribution in [1.29, 1.82) is 0 Å². The van der Waals surface area contributed by atoms with Crippen molar-refractivity contribution in [2.45, 2.75) is 18.7 Å². The van der Waals surface area contributed by atoms with Crippen LogP contribution in [0.5, 0.6) is 0 Å². The van der Waals surface area contributed by atoms with E-state index >= 15 is 0 Å². The van der Waals surface area contributed by atoms with Gasteiger partial charge in [0.25, 0.3) is 0 Å². The number of hydrogen-bond acceptors (Lipinski definition) is 2. The number of nitrogens with one attached hydrogen (secondary N) is 1. The molecule has 4 heteroatoms. The van der Waals surface area contributed by atoms with Crippen LogP contribution in [0.25, 0.3) is 0 Å². The lowest BCUT2D eigenvalue weighted by atomic mass is 10.3. The summed E-state index contributed by atoms with van der Waals surface area (Å²) >= 11 is 5.85. The second kappa shape index (κ2) is 5.02. The standard InChI is InChI=1S/C9H12ClFN2/c1-2-7(10)6-13-9-8(11)4-3-5-12-9/h3-5,7H,2,6H2,1H3,(H,12,13). The molecule has 0 amide bonds. The fourth-order valence-corrected chi connectivity index (χ4v) is 0.945. The van der Waals surface area contributed by atoms with Gasteiger partial charge < -0.3 is 5.32 Å². The minimum atomic E-state index is -0.345. The molecule has 1 N–H and O–H groups in total. The van der Waals surface area contributed by atoms with Crippen LogP contribution in [0.4, 0.5) is 10.2 Å². The van der Waals surface area contributed by atoms with E-state index < -0.39 is 0 Å². The number of rotatable bonds is 4. The molecule has 0 aromatic carbocycles. The van der Waals surface area contributed by atoms with Crippen molar-refractivity contribution in [3.8, 4) is 0 Å². The number of alkyl halides is 1. The third-order valence-electron chi connectivity index (χ3n) is 1.69. The van der Waals surface area contributed by atoms with Crippen molar-refractivity contribution < 1.29 is 4.39 Å². The summed E-state index contributed by atoms with van der Waals surface area (Å²) in [7, 11) is 0. The molecule has 1 rings (SSSR count). The summed E-state index contributed by atoms with van der Waals surface area (Å²) < 4.78 is 13.0. The molecular formula is C9H12ClFN2. The zero-order valence-corrected chi connectivity index (χ0v) is 8.18. The summed E-state index contributed by atoms with van der Waals surface area (Å²) in [6.07, 6.45) is 2.39. The van der Waals surface area contributed by atoms with Gasteiger partial charge in [0.15, 0.2) is 11.6 Å². The first-order valence-electron chi connectivity index (χ1n) is 4.22. The van der Waals surface area contributed by atoms with Crippen LogP contribution in [0.15, 0.2) is 18.3 Å². The van der Waals surface area contributed by atoms with Gasteiger partial charge in [0.2, 0.25) is 0 Å².